The second-order valence-electron chi connectivity index (χ2n) is 7.22. The van der Waals surface area contributed by atoms with E-state index < -0.39 is 0 Å². The van der Waals surface area contributed by atoms with Gasteiger partial charge >= 0.3 is 0 Å². The molecule has 0 fully saturated rings. The fourth-order valence-corrected chi connectivity index (χ4v) is 4.89. The van der Waals surface area contributed by atoms with Gasteiger partial charge in [-0.1, -0.05) is 30.3 Å². The number of thioether (sulfide) groups is 1. The summed E-state index contributed by atoms with van der Waals surface area (Å²) in [4.78, 5) is 21.6. The molecule has 3 heterocycles. The summed E-state index contributed by atoms with van der Waals surface area (Å²) in [6.07, 6.45) is 4.59. The van der Waals surface area contributed by atoms with Gasteiger partial charge in [0.15, 0.2) is 5.13 Å². The van der Waals surface area contributed by atoms with E-state index in [1.165, 1.54) is 40.0 Å². The Kier molecular flexibility index (Phi) is 6.53. The Morgan fingerprint density at radius 1 is 1.16 bits per heavy atom. The molecule has 4 rings (SSSR count). The van der Waals surface area contributed by atoms with Crippen LogP contribution >= 0.6 is 23.1 Å². The Balaban J connectivity index is 1.50. The van der Waals surface area contributed by atoms with Crippen molar-refractivity contribution in [1.29, 1.82) is 0 Å². The quantitative estimate of drug-likeness (QED) is 0.361. The number of benzene rings is 1. The zero-order chi connectivity index (χ0) is 21.8. The number of nitrogens with one attached hydrogen (secondary N) is 1. The molecule has 3 aromatic heterocycles. The van der Waals surface area contributed by atoms with Gasteiger partial charge in [-0.05, 0) is 50.3 Å². The summed E-state index contributed by atoms with van der Waals surface area (Å²) in [7, 11) is 0. The van der Waals surface area contributed by atoms with Crippen LogP contribution in [0.4, 0.5) is 5.13 Å². The van der Waals surface area contributed by atoms with Crippen molar-refractivity contribution in [3.05, 3.63) is 82.6 Å². The number of aromatic nitrogens is 3. The number of rotatable bonds is 7. The maximum absolute atomic E-state index is 12.7. The fourth-order valence-electron chi connectivity index (χ4n) is 3.64. The minimum atomic E-state index is -0.188. The first-order valence-electron chi connectivity index (χ1n) is 10.0. The molecule has 0 spiro atoms. The molecule has 0 aliphatic rings. The molecule has 0 aliphatic carbocycles. The Bertz CT molecular complexity index is 1200. The van der Waals surface area contributed by atoms with E-state index in [-0.39, 0.29) is 5.91 Å². The lowest BCUT2D eigenvalue weighted by Crippen LogP contribution is -2.13. The monoisotopic (exact) mass is 448 g/mol. The standard InChI is InChI=1S/C24H24N4OS2/c1-16-14-20(17(2)28(16)13-11-18-8-5-4-6-9-18)21-15-31-24(26-21)27-22(29)19-10-7-12-25-23(19)30-3/h4-10,12,14-15H,11,13H2,1-3H3,(H,26,27,29). The molecule has 31 heavy (non-hydrogen) atoms. The first kappa shape index (κ1) is 21.3. The van der Waals surface area contributed by atoms with E-state index in [9.17, 15) is 4.79 Å². The largest absolute Gasteiger partial charge is 0.348 e. The van der Waals surface area contributed by atoms with Gasteiger partial charge in [0.1, 0.15) is 5.03 Å². The van der Waals surface area contributed by atoms with Crippen LogP contribution in [0.25, 0.3) is 11.3 Å². The molecule has 0 saturated heterocycles. The smallest absolute Gasteiger partial charge is 0.260 e. The number of carbonyl (C=O) groups is 1. The van der Waals surface area contributed by atoms with Crippen molar-refractivity contribution in [1.82, 2.24) is 14.5 Å². The minimum Gasteiger partial charge on any atom is -0.348 e. The van der Waals surface area contributed by atoms with E-state index in [0.29, 0.717) is 15.7 Å². The average Bonchev–Trinajstić information content (AvgIpc) is 3.36. The Hall–Kier alpha value is -2.90. The summed E-state index contributed by atoms with van der Waals surface area (Å²) >= 11 is 2.89. The van der Waals surface area contributed by atoms with Crippen molar-refractivity contribution in [2.45, 2.75) is 31.8 Å². The second-order valence-corrected chi connectivity index (χ2v) is 8.88. The number of hydrogen-bond donors (Lipinski definition) is 1. The van der Waals surface area contributed by atoms with Crippen LogP contribution in [-0.2, 0) is 13.0 Å². The molecule has 0 bridgehead atoms. The minimum absolute atomic E-state index is 0.188. The summed E-state index contributed by atoms with van der Waals surface area (Å²) in [6, 6.07) is 16.2. The number of amides is 1. The van der Waals surface area contributed by atoms with Gasteiger partial charge < -0.3 is 4.57 Å². The number of hydrogen-bond acceptors (Lipinski definition) is 5. The van der Waals surface area contributed by atoms with Gasteiger partial charge in [0, 0.05) is 35.1 Å². The van der Waals surface area contributed by atoms with Crippen LogP contribution in [0.15, 0.2) is 65.1 Å². The molecule has 0 aliphatic heterocycles. The van der Waals surface area contributed by atoms with Crippen molar-refractivity contribution in [3.8, 4) is 11.3 Å². The molecule has 158 valence electrons. The van der Waals surface area contributed by atoms with Crippen LogP contribution < -0.4 is 5.32 Å². The predicted octanol–water partition coefficient (Wildman–Crippen LogP) is 5.84. The number of pyridine rings is 1. The summed E-state index contributed by atoms with van der Waals surface area (Å²) < 4.78 is 2.33. The second kappa shape index (κ2) is 9.49. The molecule has 1 amide bonds. The fraction of sp³-hybridized carbons (Fsp3) is 0.208. The number of anilines is 1. The van der Waals surface area contributed by atoms with E-state index in [2.05, 4.69) is 64.0 Å². The van der Waals surface area contributed by atoms with Gasteiger partial charge in [-0.3, -0.25) is 10.1 Å². The Morgan fingerprint density at radius 3 is 2.74 bits per heavy atom. The van der Waals surface area contributed by atoms with E-state index in [4.69, 9.17) is 0 Å². The zero-order valence-corrected chi connectivity index (χ0v) is 19.4. The summed E-state index contributed by atoms with van der Waals surface area (Å²) in [5, 5.41) is 6.21. The van der Waals surface area contributed by atoms with Crippen LogP contribution in [0.1, 0.15) is 27.3 Å². The van der Waals surface area contributed by atoms with Gasteiger partial charge in [0.2, 0.25) is 0 Å². The van der Waals surface area contributed by atoms with Crippen LogP contribution in [-0.4, -0.2) is 26.7 Å². The highest BCUT2D eigenvalue weighted by atomic mass is 32.2. The van der Waals surface area contributed by atoms with Gasteiger partial charge in [0.05, 0.1) is 11.3 Å². The molecule has 5 nitrogen and oxygen atoms in total. The maximum Gasteiger partial charge on any atom is 0.260 e. The predicted molar refractivity (Wildman–Crippen MR) is 129 cm³/mol. The third-order valence-corrected chi connectivity index (χ3v) is 6.72. The van der Waals surface area contributed by atoms with E-state index in [0.717, 1.165) is 24.2 Å². The summed E-state index contributed by atoms with van der Waals surface area (Å²) in [5.74, 6) is -0.188. The van der Waals surface area contributed by atoms with E-state index >= 15 is 0 Å². The van der Waals surface area contributed by atoms with Crippen LogP contribution in [0.5, 0.6) is 0 Å². The van der Waals surface area contributed by atoms with Gasteiger partial charge in [-0.25, -0.2) is 9.97 Å². The topological polar surface area (TPSA) is 59.8 Å². The van der Waals surface area contributed by atoms with Gasteiger partial charge in [-0.2, -0.15) is 0 Å². The molecule has 0 atom stereocenters. The zero-order valence-electron chi connectivity index (χ0n) is 17.8. The van der Waals surface area contributed by atoms with Crippen LogP contribution in [0, 0.1) is 13.8 Å². The maximum atomic E-state index is 12.7. The molecule has 0 unspecified atom stereocenters. The van der Waals surface area contributed by atoms with Crippen molar-refractivity contribution >= 4 is 34.1 Å². The summed E-state index contributed by atoms with van der Waals surface area (Å²) in [5.41, 5.74) is 6.28. The Labute approximate surface area is 190 Å². The molecule has 1 N–H and O–H groups in total. The third-order valence-electron chi connectivity index (χ3n) is 5.25. The lowest BCUT2D eigenvalue weighted by atomic mass is 10.1. The molecule has 4 aromatic rings. The molecular formula is C24H24N4OS2. The van der Waals surface area contributed by atoms with Gasteiger partial charge in [0.25, 0.3) is 5.91 Å². The van der Waals surface area contributed by atoms with Crippen molar-refractivity contribution in [2.24, 2.45) is 0 Å². The van der Waals surface area contributed by atoms with Gasteiger partial charge in [-0.15, -0.1) is 23.1 Å². The lowest BCUT2D eigenvalue weighted by molar-refractivity contribution is 0.102. The van der Waals surface area contributed by atoms with Crippen LogP contribution in [0.2, 0.25) is 0 Å². The highest BCUT2D eigenvalue weighted by Crippen LogP contribution is 2.30. The molecule has 7 heteroatoms. The number of aryl methyl sites for hydroxylation is 2. The third kappa shape index (κ3) is 4.73. The Morgan fingerprint density at radius 2 is 1.97 bits per heavy atom. The first-order chi connectivity index (χ1) is 15.1. The summed E-state index contributed by atoms with van der Waals surface area (Å²) in [6.45, 7) is 5.18. The van der Waals surface area contributed by atoms with Crippen molar-refractivity contribution < 1.29 is 4.79 Å². The van der Waals surface area contributed by atoms with E-state index in [1.807, 2.05) is 17.7 Å². The number of nitrogens with zero attached hydrogens (tertiary/aromatic N) is 3. The first-order valence-corrected chi connectivity index (χ1v) is 12.1. The number of thiazole rings is 1. The molecule has 0 saturated carbocycles. The average molecular weight is 449 g/mol. The molecule has 0 radical (unpaired) electrons. The molecule has 1 aromatic carbocycles. The van der Waals surface area contributed by atoms with Crippen molar-refractivity contribution in [2.75, 3.05) is 11.6 Å². The lowest BCUT2D eigenvalue weighted by Gasteiger charge is -2.09. The highest BCUT2D eigenvalue weighted by Gasteiger charge is 2.16. The van der Waals surface area contributed by atoms with Crippen molar-refractivity contribution in [3.63, 3.8) is 0 Å². The SMILES string of the molecule is CSc1ncccc1C(=O)Nc1nc(-c2cc(C)n(CCc3ccccc3)c2C)cs1. The van der Waals surface area contributed by atoms with E-state index in [1.54, 1.807) is 18.3 Å². The highest BCUT2D eigenvalue weighted by molar-refractivity contribution is 7.98. The normalized spacial score (nSPS) is 10.9. The number of carbonyl (C=O) groups excluding carboxylic acids is 1. The molecular weight excluding hydrogens is 424 g/mol. The van der Waals surface area contributed by atoms with Crippen LogP contribution in [0.3, 0.4) is 0 Å².